The van der Waals surface area contributed by atoms with E-state index in [1.54, 1.807) is 0 Å². The molecule has 0 amide bonds. The number of hydrogen-bond acceptors (Lipinski definition) is 4. The number of nitrogens with zero attached hydrogens (tertiary/aromatic N) is 1. The lowest BCUT2D eigenvalue weighted by atomic mass is 10.2. The van der Waals surface area contributed by atoms with Crippen LogP contribution in [0, 0.1) is 12.8 Å². The maximum Gasteiger partial charge on any atom is 0.150 e. The molecule has 0 bridgehead atoms. The van der Waals surface area contributed by atoms with Crippen LogP contribution >= 0.6 is 0 Å². The molecule has 0 aliphatic heterocycles. The first kappa shape index (κ1) is 10.2. The summed E-state index contributed by atoms with van der Waals surface area (Å²) >= 11 is 0. The molecule has 74 valence electrons. The Morgan fingerprint density at radius 3 is 3.00 bits per heavy atom. The number of rotatable bonds is 5. The van der Waals surface area contributed by atoms with Crippen molar-refractivity contribution in [3.05, 3.63) is 17.5 Å². The molecule has 0 aliphatic carbocycles. The zero-order valence-corrected chi connectivity index (χ0v) is 8.21. The van der Waals surface area contributed by atoms with Crippen molar-refractivity contribution in [1.29, 1.82) is 0 Å². The van der Waals surface area contributed by atoms with E-state index in [2.05, 4.69) is 17.4 Å². The summed E-state index contributed by atoms with van der Waals surface area (Å²) in [5.41, 5.74) is 6.40. The zero-order valence-electron chi connectivity index (χ0n) is 8.21. The van der Waals surface area contributed by atoms with Crippen molar-refractivity contribution in [2.45, 2.75) is 20.4 Å². The highest BCUT2D eigenvalue weighted by atomic mass is 16.5. The van der Waals surface area contributed by atoms with Gasteiger partial charge in [0.15, 0.2) is 5.76 Å². The van der Waals surface area contributed by atoms with Crippen LogP contribution in [0.25, 0.3) is 0 Å². The van der Waals surface area contributed by atoms with Crippen LogP contribution in [0.4, 0.5) is 0 Å². The van der Waals surface area contributed by atoms with Gasteiger partial charge in [-0.25, -0.2) is 0 Å². The second-order valence-corrected chi connectivity index (χ2v) is 3.41. The fourth-order valence-electron chi connectivity index (χ4n) is 1.02. The molecule has 0 aromatic carbocycles. The number of nitrogens with one attached hydrogen (secondary N) is 1. The molecule has 1 aromatic rings. The molecule has 1 heterocycles. The minimum absolute atomic E-state index is 0.504. The van der Waals surface area contributed by atoms with Crippen LogP contribution in [-0.4, -0.2) is 18.2 Å². The summed E-state index contributed by atoms with van der Waals surface area (Å²) in [4.78, 5) is 0. The molecule has 0 saturated carbocycles. The van der Waals surface area contributed by atoms with Crippen molar-refractivity contribution in [2.24, 2.45) is 11.7 Å². The third-order valence-electron chi connectivity index (χ3n) is 1.87. The average Bonchev–Trinajstić information content (AvgIpc) is 2.51. The number of aryl methyl sites for hydroxylation is 1. The smallest absolute Gasteiger partial charge is 0.150 e. The maximum atomic E-state index is 5.48. The molecule has 0 saturated heterocycles. The Kier molecular flexibility index (Phi) is 3.92. The van der Waals surface area contributed by atoms with E-state index in [-0.39, 0.29) is 0 Å². The van der Waals surface area contributed by atoms with Gasteiger partial charge < -0.3 is 15.6 Å². The third-order valence-corrected chi connectivity index (χ3v) is 1.87. The Hall–Kier alpha value is -0.870. The Morgan fingerprint density at radius 2 is 2.46 bits per heavy atom. The Labute approximate surface area is 78.5 Å². The highest BCUT2D eigenvalue weighted by Gasteiger charge is 2.01. The van der Waals surface area contributed by atoms with E-state index in [4.69, 9.17) is 10.3 Å². The highest BCUT2D eigenvalue weighted by Crippen LogP contribution is 2.01. The summed E-state index contributed by atoms with van der Waals surface area (Å²) in [7, 11) is 0. The van der Waals surface area contributed by atoms with E-state index < -0.39 is 0 Å². The average molecular weight is 183 g/mol. The molecule has 4 nitrogen and oxygen atoms in total. The normalized spacial score (nSPS) is 13.2. The Balaban J connectivity index is 2.20. The number of hydrogen-bond donors (Lipinski definition) is 2. The maximum absolute atomic E-state index is 5.48. The summed E-state index contributed by atoms with van der Waals surface area (Å²) in [6, 6.07) is 1.93. The summed E-state index contributed by atoms with van der Waals surface area (Å²) < 4.78 is 5.04. The lowest BCUT2D eigenvalue weighted by Gasteiger charge is -2.07. The largest absolute Gasteiger partial charge is 0.360 e. The van der Waals surface area contributed by atoms with E-state index in [0.717, 1.165) is 24.5 Å². The third kappa shape index (κ3) is 3.57. The minimum atomic E-state index is 0.504. The van der Waals surface area contributed by atoms with Gasteiger partial charge in [-0.15, -0.1) is 0 Å². The molecule has 1 rings (SSSR count). The summed E-state index contributed by atoms with van der Waals surface area (Å²) in [6.45, 7) is 6.37. The van der Waals surface area contributed by atoms with Crippen molar-refractivity contribution in [2.75, 3.05) is 13.1 Å². The second kappa shape index (κ2) is 4.99. The molecule has 0 spiro atoms. The zero-order chi connectivity index (χ0) is 9.68. The lowest BCUT2D eigenvalue weighted by Crippen LogP contribution is -2.25. The highest BCUT2D eigenvalue weighted by molar-refractivity contribution is 5.02. The second-order valence-electron chi connectivity index (χ2n) is 3.41. The van der Waals surface area contributed by atoms with Gasteiger partial charge in [-0.2, -0.15) is 0 Å². The SMILES string of the molecule is Cc1cc(CNCC(C)CN)on1. The van der Waals surface area contributed by atoms with Crippen LogP contribution in [0.3, 0.4) is 0 Å². The van der Waals surface area contributed by atoms with Crippen LogP contribution in [0.5, 0.6) is 0 Å². The predicted molar refractivity (Wildman–Crippen MR) is 51.2 cm³/mol. The first-order valence-electron chi connectivity index (χ1n) is 4.55. The topological polar surface area (TPSA) is 64.1 Å². The monoisotopic (exact) mass is 183 g/mol. The van der Waals surface area contributed by atoms with Crippen LogP contribution in [-0.2, 0) is 6.54 Å². The summed E-state index contributed by atoms with van der Waals surface area (Å²) in [6.07, 6.45) is 0. The van der Waals surface area contributed by atoms with Crippen LogP contribution in [0.2, 0.25) is 0 Å². The predicted octanol–water partition coefficient (Wildman–Crippen LogP) is 0.667. The van der Waals surface area contributed by atoms with Gasteiger partial charge in [0.25, 0.3) is 0 Å². The van der Waals surface area contributed by atoms with E-state index in [0.29, 0.717) is 12.5 Å². The van der Waals surface area contributed by atoms with Crippen molar-refractivity contribution in [3.8, 4) is 0 Å². The van der Waals surface area contributed by atoms with E-state index >= 15 is 0 Å². The summed E-state index contributed by atoms with van der Waals surface area (Å²) in [5, 5.41) is 7.05. The van der Waals surface area contributed by atoms with E-state index in [1.807, 2.05) is 13.0 Å². The molecule has 3 N–H and O–H groups in total. The molecule has 0 fully saturated rings. The van der Waals surface area contributed by atoms with Crippen molar-refractivity contribution >= 4 is 0 Å². The fraction of sp³-hybridized carbons (Fsp3) is 0.667. The van der Waals surface area contributed by atoms with Crippen molar-refractivity contribution in [1.82, 2.24) is 10.5 Å². The molecule has 1 atom stereocenters. The first-order valence-corrected chi connectivity index (χ1v) is 4.55. The molecule has 4 heteroatoms. The van der Waals surface area contributed by atoms with Gasteiger partial charge >= 0.3 is 0 Å². The lowest BCUT2D eigenvalue weighted by molar-refractivity contribution is 0.365. The quantitative estimate of drug-likeness (QED) is 0.704. The van der Waals surface area contributed by atoms with Crippen molar-refractivity contribution < 1.29 is 4.52 Å². The van der Waals surface area contributed by atoms with Gasteiger partial charge in [0.1, 0.15) is 0 Å². The van der Waals surface area contributed by atoms with Gasteiger partial charge in [0.05, 0.1) is 12.2 Å². The Morgan fingerprint density at radius 1 is 1.69 bits per heavy atom. The first-order chi connectivity index (χ1) is 6.22. The molecule has 0 radical (unpaired) electrons. The number of nitrogens with two attached hydrogens (primary N) is 1. The van der Waals surface area contributed by atoms with Gasteiger partial charge in [-0.05, 0) is 25.9 Å². The van der Waals surface area contributed by atoms with Crippen LogP contribution in [0.15, 0.2) is 10.6 Å². The number of aromatic nitrogens is 1. The fourth-order valence-corrected chi connectivity index (χ4v) is 1.02. The molecular formula is C9H17N3O. The Bertz CT molecular complexity index is 247. The molecular weight excluding hydrogens is 166 g/mol. The standard InChI is InChI=1S/C9H17N3O/c1-7(4-10)5-11-6-9-3-8(2)12-13-9/h3,7,11H,4-6,10H2,1-2H3. The van der Waals surface area contributed by atoms with Gasteiger partial charge in [-0.1, -0.05) is 12.1 Å². The molecule has 13 heavy (non-hydrogen) atoms. The van der Waals surface area contributed by atoms with Crippen molar-refractivity contribution in [3.63, 3.8) is 0 Å². The molecule has 1 aromatic heterocycles. The van der Waals surface area contributed by atoms with Crippen LogP contribution < -0.4 is 11.1 Å². The van der Waals surface area contributed by atoms with E-state index in [9.17, 15) is 0 Å². The summed E-state index contributed by atoms with van der Waals surface area (Å²) in [5.74, 6) is 1.38. The van der Waals surface area contributed by atoms with Gasteiger partial charge in [0.2, 0.25) is 0 Å². The van der Waals surface area contributed by atoms with Gasteiger partial charge in [-0.3, -0.25) is 0 Å². The van der Waals surface area contributed by atoms with E-state index in [1.165, 1.54) is 0 Å². The molecule has 1 unspecified atom stereocenters. The molecule has 0 aliphatic rings. The minimum Gasteiger partial charge on any atom is -0.360 e. The van der Waals surface area contributed by atoms with Gasteiger partial charge in [0, 0.05) is 6.07 Å². The van der Waals surface area contributed by atoms with Crippen LogP contribution in [0.1, 0.15) is 18.4 Å².